The first kappa shape index (κ1) is 9.71. The van der Waals surface area contributed by atoms with Crippen LogP contribution in [0.5, 0.6) is 0 Å². The van der Waals surface area contributed by atoms with Crippen LogP contribution in [0.25, 0.3) is 0 Å². The lowest BCUT2D eigenvalue weighted by Crippen LogP contribution is -2.32. The van der Waals surface area contributed by atoms with E-state index >= 15 is 0 Å². The monoisotopic (exact) mass is 193 g/mol. The van der Waals surface area contributed by atoms with Gasteiger partial charge < -0.3 is 10.3 Å². The minimum absolute atomic E-state index is 0.314. The third-order valence-corrected chi connectivity index (χ3v) is 2.99. The molecule has 2 rings (SSSR count). The van der Waals surface area contributed by atoms with Crippen molar-refractivity contribution in [3.63, 3.8) is 0 Å². The van der Waals surface area contributed by atoms with Gasteiger partial charge in [-0.15, -0.1) is 0 Å². The summed E-state index contributed by atoms with van der Waals surface area (Å²) in [6, 6.07) is 0.314. The fourth-order valence-electron chi connectivity index (χ4n) is 2.24. The van der Waals surface area contributed by atoms with Gasteiger partial charge in [-0.3, -0.25) is 0 Å². The summed E-state index contributed by atoms with van der Waals surface area (Å²) in [7, 11) is 0. The quantitative estimate of drug-likeness (QED) is 0.736. The molecular formula is C11H19N3. The van der Waals surface area contributed by atoms with E-state index in [1.54, 1.807) is 0 Å². The summed E-state index contributed by atoms with van der Waals surface area (Å²) in [5.74, 6) is 1.69. The second-order valence-electron chi connectivity index (χ2n) is 4.57. The van der Waals surface area contributed by atoms with Crippen LogP contribution in [0.4, 0.5) is 0 Å². The summed E-state index contributed by atoms with van der Waals surface area (Å²) in [4.78, 5) is 4.63. The maximum Gasteiger partial charge on any atom is 0.111 e. The molecule has 0 fully saturated rings. The molecule has 78 valence electrons. The Kier molecular flexibility index (Phi) is 2.35. The number of nitrogens with two attached hydrogens (primary N) is 1. The smallest absolute Gasteiger partial charge is 0.111 e. The Morgan fingerprint density at radius 1 is 1.50 bits per heavy atom. The lowest BCUT2D eigenvalue weighted by molar-refractivity contribution is 0.442. The Bertz CT molecular complexity index is 339. The average Bonchev–Trinajstić information content (AvgIpc) is 2.43. The molecule has 0 aromatic carbocycles. The van der Waals surface area contributed by atoms with Crippen molar-refractivity contribution in [1.29, 1.82) is 0 Å². The highest BCUT2D eigenvalue weighted by atomic mass is 15.1. The van der Waals surface area contributed by atoms with Crippen molar-refractivity contribution in [2.45, 2.75) is 52.1 Å². The minimum atomic E-state index is 0.314. The second kappa shape index (κ2) is 3.39. The molecule has 0 spiro atoms. The summed E-state index contributed by atoms with van der Waals surface area (Å²) in [5, 5.41) is 0. The van der Waals surface area contributed by atoms with Crippen LogP contribution in [0.2, 0.25) is 0 Å². The van der Waals surface area contributed by atoms with Crippen LogP contribution in [0, 0.1) is 6.92 Å². The molecule has 2 heterocycles. The molecule has 2 N–H and O–H groups in total. The first-order valence-corrected chi connectivity index (χ1v) is 5.41. The summed E-state index contributed by atoms with van der Waals surface area (Å²) in [6.45, 7) is 7.43. The lowest BCUT2D eigenvalue weighted by Gasteiger charge is -2.23. The van der Waals surface area contributed by atoms with Crippen LogP contribution in [0.15, 0.2) is 0 Å². The van der Waals surface area contributed by atoms with Gasteiger partial charge in [0, 0.05) is 24.2 Å². The molecule has 1 aromatic heterocycles. The predicted molar refractivity (Wildman–Crippen MR) is 57.3 cm³/mol. The molecule has 1 aromatic rings. The van der Waals surface area contributed by atoms with Crippen LogP contribution in [0.1, 0.15) is 43.4 Å². The van der Waals surface area contributed by atoms with Gasteiger partial charge in [0.1, 0.15) is 5.82 Å². The van der Waals surface area contributed by atoms with E-state index < -0.39 is 0 Å². The predicted octanol–water partition coefficient (Wildman–Crippen LogP) is 1.59. The third-order valence-electron chi connectivity index (χ3n) is 2.99. The van der Waals surface area contributed by atoms with Crippen molar-refractivity contribution >= 4 is 0 Å². The standard InChI is InChI=1S/C11H19N3/c1-7(2)11-13-8(3)10-5-4-9(12)6-14(10)11/h7,9H,4-6,12H2,1-3H3. The molecule has 0 radical (unpaired) electrons. The zero-order valence-corrected chi connectivity index (χ0v) is 9.25. The van der Waals surface area contributed by atoms with Crippen LogP contribution >= 0.6 is 0 Å². The average molecular weight is 193 g/mol. The lowest BCUT2D eigenvalue weighted by atomic mass is 10.0. The molecule has 1 aliphatic rings. The normalized spacial score (nSPS) is 21.4. The molecule has 0 amide bonds. The summed E-state index contributed by atoms with van der Waals surface area (Å²) >= 11 is 0. The van der Waals surface area contributed by atoms with Crippen molar-refractivity contribution in [3.8, 4) is 0 Å². The number of hydrogen-bond acceptors (Lipinski definition) is 2. The summed E-state index contributed by atoms with van der Waals surface area (Å²) in [5.41, 5.74) is 8.57. The SMILES string of the molecule is Cc1nc(C(C)C)n2c1CCC(N)C2. The molecule has 0 aliphatic carbocycles. The number of hydrogen-bond donors (Lipinski definition) is 1. The molecule has 1 aliphatic heterocycles. The number of aromatic nitrogens is 2. The molecular weight excluding hydrogens is 174 g/mol. The Hall–Kier alpha value is -0.830. The van der Waals surface area contributed by atoms with Gasteiger partial charge in [-0.05, 0) is 19.8 Å². The van der Waals surface area contributed by atoms with Gasteiger partial charge in [0.15, 0.2) is 0 Å². The third kappa shape index (κ3) is 1.46. The number of fused-ring (bicyclic) bond motifs is 1. The van der Waals surface area contributed by atoms with E-state index in [4.69, 9.17) is 5.73 Å². The Balaban J connectivity index is 2.45. The van der Waals surface area contributed by atoms with Crippen molar-refractivity contribution in [2.24, 2.45) is 5.73 Å². The van der Waals surface area contributed by atoms with Crippen molar-refractivity contribution in [3.05, 3.63) is 17.2 Å². The van der Waals surface area contributed by atoms with E-state index in [0.29, 0.717) is 12.0 Å². The maximum absolute atomic E-state index is 5.98. The van der Waals surface area contributed by atoms with Gasteiger partial charge in [0.2, 0.25) is 0 Å². The largest absolute Gasteiger partial charge is 0.330 e. The number of nitrogens with zero attached hydrogens (tertiary/aromatic N) is 2. The Morgan fingerprint density at radius 3 is 2.86 bits per heavy atom. The van der Waals surface area contributed by atoms with Crippen LogP contribution in [-0.4, -0.2) is 15.6 Å². The van der Waals surface area contributed by atoms with Crippen LogP contribution in [-0.2, 0) is 13.0 Å². The molecule has 0 saturated carbocycles. The molecule has 1 unspecified atom stereocenters. The highest BCUT2D eigenvalue weighted by molar-refractivity contribution is 5.20. The highest BCUT2D eigenvalue weighted by Gasteiger charge is 2.22. The van der Waals surface area contributed by atoms with Crippen LogP contribution < -0.4 is 5.73 Å². The topological polar surface area (TPSA) is 43.8 Å². The van der Waals surface area contributed by atoms with E-state index in [0.717, 1.165) is 19.4 Å². The molecule has 3 nitrogen and oxygen atoms in total. The first-order chi connectivity index (χ1) is 6.59. The zero-order valence-electron chi connectivity index (χ0n) is 9.25. The van der Waals surface area contributed by atoms with E-state index in [2.05, 4.69) is 30.3 Å². The minimum Gasteiger partial charge on any atom is -0.330 e. The Labute approximate surface area is 85.3 Å². The van der Waals surface area contributed by atoms with E-state index in [-0.39, 0.29) is 0 Å². The van der Waals surface area contributed by atoms with Gasteiger partial charge >= 0.3 is 0 Å². The van der Waals surface area contributed by atoms with Gasteiger partial charge in [0.05, 0.1) is 5.69 Å². The number of rotatable bonds is 1. The molecule has 0 bridgehead atoms. The molecule has 0 saturated heterocycles. The summed E-state index contributed by atoms with van der Waals surface area (Å²) < 4.78 is 2.33. The van der Waals surface area contributed by atoms with Gasteiger partial charge in [0.25, 0.3) is 0 Å². The number of imidazole rings is 1. The van der Waals surface area contributed by atoms with Crippen molar-refractivity contribution in [1.82, 2.24) is 9.55 Å². The second-order valence-corrected chi connectivity index (χ2v) is 4.57. The molecule has 1 atom stereocenters. The zero-order chi connectivity index (χ0) is 10.3. The fraction of sp³-hybridized carbons (Fsp3) is 0.727. The fourth-order valence-corrected chi connectivity index (χ4v) is 2.24. The van der Waals surface area contributed by atoms with Gasteiger partial charge in [-0.25, -0.2) is 4.98 Å². The maximum atomic E-state index is 5.98. The molecule has 14 heavy (non-hydrogen) atoms. The number of aryl methyl sites for hydroxylation is 1. The van der Waals surface area contributed by atoms with E-state index in [1.165, 1.54) is 17.2 Å². The van der Waals surface area contributed by atoms with Crippen LogP contribution in [0.3, 0.4) is 0 Å². The Morgan fingerprint density at radius 2 is 2.21 bits per heavy atom. The van der Waals surface area contributed by atoms with E-state index in [9.17, 15) is 0 Å². The summed E-state index contributed by atoms with van der Waals surface area (Å²) in [6.07, 6.45) is 2.19. The molecule has 3 heteroatoms. The van der Waals surface area contributed by atoms with Gasteiger partial charge in [-0.1, -0.05) is 13.8 Å². The van der Waals surface area contributed by atoms with E-state index in [1.807, 2.05) is 0 Å². The van der Waals surface area contributed by atoms with Gasteiger partial charge in [-0.2, -0.15) is 0 Å². The van der Waals surface area contributed by atoms with Crippen molar-refractivity contribution in [2.75, 3.05) is 0 Å². The van der Waals surface area contributed by atoms with Crippen molar-refractivity contribution < 1.29 is 0 Å². The highest BCUT2D eigenvalue weighted by Crippen LogP contribution is 2.24. The first-order valence-electron chi connectivity index (χ1n) is 5.41.